The zero-order valence-corrected chi connectivity index (χ0v) is 13.8. The van der Waals surface area contributed by atoms with Crippen LogP contribution in [-0.4, -0.2) is 52.2 Å². The van der Waals surface area contributed by atoms with Crippen LogP contribution in [0.4, 0.5) is 0 Å². The molecule has 24 heavy (non-hydrogen) atoms. The molecule has 0 amide bonds. The highest BCUT2D eigenvalue weighted by molar-refractivity contribution is 5.36. The van der Waals surface area contributed by atoms with Crippen molar-refractivity contribution in [3.8, 4) is 5.75 Å². The maximum Gasteiger partial charge on any atom is 0.115 e. The van der Waals surface area contributed by atoms with Crippen LogP contribution in [0.3, 0.4) is 0 Å². The fraction of sp³-hybridized carbons (Fsp3) is 0.400. The van der Waals surface area contributed by atoms with Crippen LogP contribution < -0.4 is 0 Å². The van der Waals surface area contributed by atoms with Crippen molar-refractivity contribution in [1.29, 1.82) is 0 Å². The molecule has 2 unspecified atom stereocenters. The third-order valence-corrected chi connectivity index (χ3v) is 5.36. The van der Waals surface area contributed by atoms with Gasteiger partial charge in [-0.25, -0.2) is 0 Å². The van der Waals surface area contributed by atoms with Crippen molar-refractivity contribution in [2.24, 2.45) is 0 Å². The van der Waals surface area contributed by atoms with Crippen LogP contribution in [0.5, 0.6) is 5.75 Å². The Bertz CT molecular complexity index is 710. The summed E-state index contributed by atoms with van der Waals surface area (Å²) >= 11 is 0. The van der Waals surface area contributed by atoms with E-state index in [9.17, 15) is 10.2 Å². The average Bonchev–Trinajstić information content (AvgIpc) is 2.93. The number of phenolic OH excluding ortho intramolecular Hbond substituents is 1. The van der Waals surface area contributed by atoms with E-state index in [1.807, 2.05) is 18.2 Å². The van der Waals surface area contributed by atoms with Crippen LogP contribution >= 0.6 is 0 Å². The summed E-state index contributed by atoms with van der Waals surface area (Å²) in [7, 11) is 0. The van der Waals surface area contributed by atoms with Gasteiger partial charge in [-0.3, -0.25) is 9.80 Å². The van der Waals surface area contributed by atoms with E-state index in [0.29, 0.717) is 5.75 Å². The zero-order chi connectivity index (χ0) is 16.5. The highest BCUT2D eigenvalue weighted by Gasteiger charge is 2.36. The highest BCUT2D eigenvalue weighted by atomic mass is 16.3. The minimum absolute atomic E-state index is 0.213. The van der Waals surface area contributed by atoms with E-state index in [-0.39, 0.29) is 12.1 Å². The third-order valence-electron chi connectivity index (χ3n) is 5.36. The Balaban J connectivity index is 1.35. The summed E-state index contributed by atoms with van der Waals surface area (Å²) in [6.07, 6.45) is 0.586. The van der Waals surface area contributed by atoms with Gasteiger partial charge in [-0.05, 0) is 35.2 Å². The fourth-order valence-corrected chi connectivity index (χ4v) is 4.05. The van der Waals surface area contributed by atoms with E-state index in [2.05, 4.69) is 34.1 Å². The van der Waals surface area contributed by atoms with Gasteiger partial charge in [0.15, 0.2) is 0 Å². The van der Waals surface area contributed by atoms with Gasteiger partial charge in [0, 0.05) is 38.8 Å². The second-order valence-corrected chi connectivity index (χ2v) is 6.90. The summed E-state index contributed by atoms with van der Waals surface area (Å²) in [6.45, 7) is 4.82. The minimum Gasteiger partial charge on any atom is -0.508 e. The SMILES string of the molecule is Oc1cccc(CN2CCN(C3Cc4ccccc4C3O)CC2)c1. The van der Waals surface area contributed by atoms with Crippen molar-refractivity contribution in [3.05, 3.63) is 65.2 Å². The Morgan fingerprint density at radius 1 is 0.958 bits per heavy atom. The molecule has 2 aliphatic rings. The van der Waals surface area contributed by atoms with Gasteiger partial charge in [0.25, 0.3) is 0 Å². The summed E-state index contributed by atoms with van der Waals surface area (Å²) in [6, 6.07) is 16.0. The molecule has 1 saturated heterocycles. The topological polar surface area (TPSA) is 46.9 Å². The summed E-state index contributed by atoms with van der Waals surface area (Å²) in [5.41, 5.74) is 3.54. The first-order valence-corrected chi connectivity index (χ1v) is 8.71. The number of aliphatic hydroxyl groups excluding tert-OH is 1. The predicted molar refractivity (Wildman–Crippen MR) is 93.9 cm³/mol. The normalized spacial score (nSPS) is 24.9. The molecule has 126 valence electrons. The zero-order valence-electron chi connectivity index (χ0n) is 13.8. The molecule has 2 atom stereocenters. The van der Waals surface area contributed by atoms with Gasteiger partial charge < -0.3 is 10.2 Å². The quantitative estimate of drug-likeness (QED) is 0.908. The smallest absolute Gasteiger partial charge is 0.115 e. The molecule has 0 saturated carbocycles. The first-order valence-electron chi connectivity index (χ1n) is 8.71. The fourth-order valence-electron chi connectivity index (χ4n) is 4.05. The Hall–Kier alpha value is -1.88. The Labute approximate surface area is 143 Å². The van der Waals surface area contributed by atoms with Crippen LogP contribution in [0.1, 0.15) is 22.8 Å². The second-order valence-electron chi connectivity index (χ2n) is 6.90. The van der Waals surface area contributed by atoms with Crippen LogP contribution in [0, 0.1) is 0 Å². The highest BCUT2D eigenvalue weighted by Crippen LogP contribution is 2.34. The monoisotopic (exact) mass is 324 g/mol. The van der Waals surface area contributed by atoms with Gasteiger partial charge in [-0.15, -0.1) is 0 Å². The van der Waals surface area contributed by atoms with Gasteiger partial charge in [0.2, 0.25) is 0 Å². The lowest BCUT2D eigenvalue weighted by Crippen LogP contribution is -2.51. The number of piperazine rings is 1. The Kier molecular flexibility index (Phi) is 4.27. The molecular weight excluding hydrogens is 300 g/mol. The molecule has 0 spiro atoms. The van der Waals surface area contributed by atoms with Gasteiger partial charge >= 0.3 is 0 Å². The molecule has 4 heteroatoms. The largest absolute Gasteiger partial charge is 0.508 e. The average molecular weight is 324 g/mol. The van der Waals surface area contributed by atoms with Gasteiger partial charge in [-0.2, -0.15) is 0 Å². The summed E-state index contributed by atoms with van der Waals surface area (Å²) in [5, 5.41) is 20.2. The van der Waals surface area contributed by atoms with Crippen molar-refractivity contribution in [2.45, 2.75) is 25.1 Å². The predicted octanol–water partition coefficient (Wildman–Crippen LogP) is 2.17. The van der Waals surface area contributed by atoms with Crippen molar-refractivity contribution < 1.29 is 10.2 Å². The number of hydrogen-bond donors (Lipinski definition) is 2. The lowest BCUT2D eigenvalue weighted by molar-refractivity contribution is 0.0258. The van der Waals surface area contributed by atoms with Crippen LogP contribution in [0.25, 0.3) is 0 Å². The number of phenols is 1. The molecule has 2 N–H and O–H groups in total. The molecular formula is C20H24N2O2. The van der Waals surface area contributed by atoms with E-state index >= 15 is 0 Å². The summed E-state index contributed by atoms with van der Waals surface area (Å²) in [4.78, 5) is 4.85. The number of hydrogen-bond acceptors (Lipinski definition) is 4. The lowest BCUT2D eigenvalue weighted by Gasteiger charge is -2.39. The van der Waals surface area contributed by atoms with Crippen LogP contribution in [-0.2, 0) is 13.0 Å². The van der Waals surface area contributed by atoms with E-state index in [0.717, 1.165) is 50.3 Å². The maximum absolute atomic E-state index is 10.6. The van der Waals surface area contributed by atoms with Crippen molar-refractivity contribution in [2.75, 3.05) is 26.2 Å². The van der Waals surface area contributed by atoms with Gasteiger partial charge in [-0.1, -0.05) is 36.4 Å². The van der Waals surface area contributed by atoms with E-state index in [1.54, 1.807) is 6.07 Å². The molecule has 0 aromatic heterocycles. The Morgan fingerprint density at radius 3 is 2.50 bits per heavy atom. The molecule has 1 heterocycles. The number of nitrogens with zero attached hydrogens (tertiary/aromatic N) is 2. The van der Waals surface area contributed by atoms with E-state index in [4.69, 9.17) is 0 Å². The molecule has 2 aromatic rings. The third kappa shape index (κ3) is 3.05. The van der Waals surface area contributed by atoms with E-state index < -0.39 is 0 Å². The first-order chi connectivity index (χ1) is 11.7. The molecule has 1 aliphatic heterocycles. The van der Waals surface area contributed by atoms with Crippen molar-refractivity contribution in [3.63, 3.8) is 0 Å². The standard InChI is InChI=1S/C20H24N2O2/c23-17-6-3-4-15(12-17)14-21-8-10-22(11-9-21)19-13-16-5-1-2-7-18(16)20(19)24/h1-7,12,19-20,23-24H,8-11,13-14H2. The number of fused-ring (bicyclic) bond motifs is 1. The molecule has 0 bridgehead atoms. The second kappa shape index (κ2) is 6.55. The van der Waals surface area contributed by atoms with Crippen molar-refractivity contribution in [1.82, 2.24) is 9.80 Å². The number of aromatic hydroxyl groups is 1. The molecule has 4 nitrogen and oxygen atoms in total. The van der Waals surface area contributed by atoms with Crippen molar-refractivity contribution >= 4 is 0 Å². The lowest BCUT2D eigenvalue weighted by atomic mass is 10.1. The van der Waals surface area contributed by atoms with Gasteiger partial charge in [0.1, 0.15) is 5.75 Å². The molecule has 2 aromatic carbocycles. The summed E-state index contributed by atoms with van der Waals surface area (Å²) < 4.78 is 0. The summed E-state index contributed by atoms with van der Waals surface area (Å²) in [5.74, 6) is 0.331. The minimum atomic E-state index is -0.362. The molecule has 0 radical (unpaired) electrons. The molecule has 1 aliphatic carbocycles. The van der Waals surface area contributed by atoms with E-state index in [1.165, 1.54) is 5.56 Å². The van der Waals surface area contributed by atoms with Gasteiger partial charge in [0.05, 0.1) is 6.10 Å². The number of aliphatic hydroxyl groups is 1. The molecule has 4 rings (SSSR count). The maximum atomic E-state index is 10.6. The van der Waals surface area contributed by atoms with Crippen LogP contribution in [0.2, 0.25) is 0 Å². The van der Waals surface area contributed by atoms with Crippen LogP contribution in [0.15, 0.2) is 48.5 Å². The molecule has 1 fully saturated rings. The number of rotatable bonds is 3. The first kappa shape index (κ1) is 15.6. The number of benzene rings is 2. The Morgan fingerprint density at radius 2 is 1.75 bits per heavy atom.